The molecule has 2 rings (SSSR count). The van der Waals surface area contributed by atoms with E-state index < -0.39 is 0 Å². The second-order valence-electron chi connectivity index (χ2n) is 3.66. The molecule has 0 saturated carbocycles. The molecule has 0 aliphatic rings. The van der Waals surface area contributed by atoms with Crippen molar-refractivity contribution in [3.05, 3.63) is 53.7 Å². The topological polar surface area (TPSA) is 74.2 Å². The molecule has 1 unspecified atom stereocenters. The van der Waals surface area contributed by atoms with E-state index in [2.05, 4.69) is 10.1 Å². The standard InChI is InChI=1S/C13H15N3O2/c1-17-12(10-6-3-2-4-7-10)13-15-11(18-16-13)8-5-9-14/h2-8,12H,9,14H2,1H3/b8-5+. The minimum absolute atomic E-state index is 0.324. The number of hydrogen-bond acceptors (Lipinski definition) is 5. The third kappa shape index (κ3) is 2.82. The second kappa shape index (κ2) is 6.09. The van der Waals surface area contributed by atoms with Crippen molar-refractivity contribution in [2.75, 3.05) is 13.7 Å². The maximum atomic E-state index is 5.41. The van der Waals surface area contributed by atoms with Crippen LogP contribution in [0.5, 0.6) is 0 Å². The van der Waals surface area contributed by atoms with Gasteiger partial charge in [0.05, 0.1) is 0 Å². The lowest BCUT2D eigenvalue weighted by Crippen LogP contribution is -2.05. The van der Waals surface area contributed by atoms with Crippen molar-refractivity contribution < 1.29 is 9.26 Å². The largest absolute Gasteiger partial charge is 0.369 e. The van der Waals surface area contributed by atoms with Crippen LogP contribution >= 0.6 is 0 Å². The van der Waals surface area contributed by atoms with Crippen LogP contribution in [0.2, 0.25) is 0 Å². The van der Waals surface area contributed by atoms with E-state index >= 15 is 0 Å². The molecule has 0 amide bonds. The van der Waals surface area contributed by atoms with Crippen LogP contribution in [-0.4, -0.2) is 23.8 Å². The first kappa shape index (κ1) is 12.5. The van der Waals surface area contributed by atoms with Crippen LogP contribution in [0.25, 0.3) is 6.08 Å². The lowest BCUT2D eigenvalue weighted by Gasteiger charge is -2.10. The van der Waals surface area contributed by atoms with Crippen molar-refractivity contribution >= 4 is 6.08 Å². The van der Waals surface area contributed by atoms with Crippen LogP contribution in [0.3, 0.4) is 0 Å². The first-order valence-electron chi connectivity index (χ1n) is 5.63. The maximum absolute atomic E-state index is 5.41. The van der Waals surface area contributed by atoms with E-state index in [-0.39, 0.29) is 6.10 Å². The molecular formula is C13H15N3O2. The van der Waals surface area contributed by atoms with Crippen LogP contribution in [0.4, 0.5) is 0 Å². The van der Waals surface area contributed by atoms with E-state index in [1.54, 1.807) is 19.3 Å². The SMILES string of the molecule is COC(c1ccccc1)c1noc(/C=C/CN)n1. The van der Waals surface area contributed by atoms with Gasteiger partial charge in [-0.2, -0.15) is 4.98 Å². The Kier molecular flexibility index (Phi) is 4.22. The van der Waals surface area contributed by atoms with Crippen molar-refractivity contribution in [1.29, 1.82) is 0 Å². The van der Waals surface area contributed by atoms with E-state index in [0.717, 1.165) is 5.56 Å². The predicted molar refractivity (Wildman–Crippen MR) is 67.7 cm³/mol. The van der Waals surface area contributed by atoms with E-state index in [1.165, 1.54) is 0 Å². The fraction of sp³-hybridized carbons (Fsp3) is 0.231. The van der Waals surface area contributed by atoms with E-state index in [1.807, 2.05) is 30.3 Å². The summed E-state index contributed by atoms with van der Waals surface area (Å²) in [6.07, 6.45) is 3.12. The van der Waals surface area contributed by atoms with Crippen molar-refractivity contribution in [2.24, 2.45) is 5.73 Å². The molecule has 1 aromatic carbocycles. The number of hydrogen-bond donors (Lipinski definition) is 1. The Hall–Kier alpha value is -1.98. The van der Waals surface area contributed by atoms with E-state index in [4.69, 9.17) is 15.0 Å². The van der Waals surface area contributed by atoms with Gasteiger partial charge in [-0.3, -0.25) is 0 Å². The quantitative estimate of drug-likeness (QED) is 0.869. The molecule has 5 nitrogen and oxygen atoms in total. The monoisotopic (exact) mass is 245 g/mol. The van der Waals surface area contributed by atoms with Crippen molar-refractivity contribution in [3.8, 4) is 0 Å². The molecule has 0 spiro atoms. The van der Waals surface area contributed by atoms with Gasteiger partial charge in [0.15, 0.2) is 0 Å². The molecule has 0 radical (unpaired) electrons. The summed E-state index contributed by atoms with van der Waals surface area (Å²) in [6, 6.07) is 9.75. The molecule has 18 heavy (non-hydrogen) atoms. The van der Waals surface area contributed by atoms with Crippen LogP contribution in [-0.2, 0) is 4.74 Å². The highest BCUT2D eigenvalue weighted by molar-refractivity contribution is 5.37. The summed E-state index contributed by atoms with van der Waals surface area (Å²) in [5.41, 5.74) is 6.34. The van der Waals surface area contributed by atoms with Gasteiger partial charge in [-0.15, -0.1) is 0 Å². The smallest absolute Gasteiger partial charge is 0.250 e. The molecule has 0 aliphatic heterocycles. The molecule has 1 atom stereocenters. The summed E-state index contributed by atoms with van der Waals surface area (Å²) in [6.45, 7) is 0.435. The Morgan fingerprint density at radius 3 is 2.83 bits per heavy atom. The Morgan fingerprint density at radius 2 is 2.17 bits per heavy atom. The van der Waals surface area contributed by atoms with Crippen LogP contribution < -0.4 is 5.73 Å². The number of methoxy groups -OCH3 is 1. The van der Waals surface area contributed by atoms with Gasteiger partial charge in [-0.25, -0.2) is 0 Å². The number of aromatic nitrogens is 2. The summed E-state index contributed by atoms with van der Waals surface area (Å²) in [5, 5.41) is 3.91. The van der Waals surface area contributed by atoms with Crippen molar-refractivity contribution in [3.63, 3.8) is 0 Å². The van der Waals surface area contributed by atoms with Gasteiger partial charge in [0.25, 0.3) is 0 Å². The zero-order chi connectivity index (χ0) is 12.8. The summed E-state index contributed by atoms with van der Waals surface area (Å²) in [5.74, 6) is 0.925. The number of benzene rings is 1. The van der Waals surface area contributed by atoms with Gasteiger partial charge in [-0.05, 0) is 5.56 Å². The van der Waals surface area contributed by atoms with Crippen LogP contribution in [0, 0.1) is 0 Å². The van der Waals surface area contributed by atoms with Gasteiger partial charge in [0.2, 0.25) is 11.7 Å². The number of rotatable bonds is 5. The molecule has 94 valence electrons. The van der Waals surface area contributed by atoms with Gasteiger partial charge in [-0.1, -0.05) is 41.6 Å². The highest BCUT2D eigenvalue weighted by atomic mass is 16.5. The molecule has 1 heterocycles. The highest BCUT2D eigenvalue weighted by Crippen LogP contribution is 2.22. The van der Waals surface area contributed by atoms with Crippen molar-refractivity contribution in [1.82, 2.24) is 10.1 Å². The minimum atomic E-state index is -0.324. The van der Waals surface area contributed by atoms with Gasteiger partial charge < -0.3 is 15.0 Å². The Balaban J connectivity index is 2.23. The summed E-state index contributed by atoms with van der Waals surface area (Å²) < 4.78 is 10.5. The van der Waals surface area contributed by atoms with E-state index in [0.29, 0.717) is 18.3 Å². The lowest BCUT2D eigenvalue weighted by molar-refractivity contribution is 0.126. The number of nitrogens with zero attached hydrogens (tertiary/aromatic N) is 2. The molecular weight excluding hydrogens is 230 g/mol. The molecule has 1 aromatic heterocycles. The Labute approximate surface area is 105 Å². The zero-order valence-corrected chi connectivity index (χ0v) is 10.1. The number of nitrogens with two attached hydrogens (primary N) is 1. The first-order chi connectivity index (χ1) is 8.85. The van der Waals surface area contributed by atoms with Crippen molar-refractivity contribution in [2.45, 2.75) is 6.10 Å². The first-order valence-corrected chi connectivity index (χ1v) is 5.63. The predicted octanol–water partition coefficient (Wildman–Crippen LogP) is 1.78. The second-order valence-corrected chi connectivity index (χ2v) is 3.66. The highest BCUT2D eigenvalue weighted by Gasteiger charge is 2.18. The average molecular weight is 245 g/mol. The summed E-state index contributed by atoms with van der Waals surface area (Å²) >= 11 is 0. The molecule has 0 saturated heterocycles. The van der Waals surface area contributed by atoms with Crippen LogP contribution in [0.15, 0.2) is 40.9 Å². The normalized spacial score (nSPS) is 13.0. The van der Waals surface area contributed by atoms with Gasteiger partial charge in [0, 0.05) is 19.7 Å². The Bertz CT molecular complexity index is 508. The minimum Gasteiger partial charge on any atom is -0.369 e. The molecule has 0 fully saturated rings. The molecule has 2 N–H and O–H groups in total. The molecule has 2 aromatic rings. The molecule has 5 heteroatoms. The summed E-state index contributed by atoms with van der Waals surface area (Å²) in [4.78, 5) is 4.25. The number of ether oxygens (including phenoxy) is 1. The van der Waals surface area contributed by atoms with E-state index in [9.17, 15) is 0 Å². The van der Waals surface area contributed by atoms with Gasteiger partial charge >= 0.3 is 0 Å². The third-order valence-corrected chi connectivity index (χ3v) is 2.43. The van der Waals surface area contributed by atoms with Gasteiger partial charge in [0.1, 0.15) is 6.10 Å². The zero-order valence-electron chi connectivity index (χ0n) is 10.1. The Morgan fingerprint density at radius 1 is 1.39 bits per heavy atom. The molecule has 0 aliphatic carbocycles. The molecule has 0 bridgehead atoms. The third-order valence-electron chi connectivity index (χ3n) is 2.43. The summed E-state index contributed by atoms with van der Waals surface area (Å²) in [7, 11) is 1.61. The average Bonchev–Trinajstić information content (AvgIpc) is 2.87. The lowest BCUT2D eigenvalue weighted by atomic mass is 10.1. The fourth-order valence-electron chi connectivity index (χ4n) is 1.61. The maximum Gasteiger partial charge on any atom is 0.250 e. The fourth-order valence-corrected chi connectivity index (χ4v) is 1.61. The van der Waals surface area contributed by atoms with Crippen LogP contribution in [0.1, 0.15) is 23.4 Å².